The zero-order valence-electron chi connectivity index (χ0n) is 7.33. The first-order valence-corrected chi connectivity index (χ1v) is 4.21. The van der Waals surface area contributed by atoms with E-state index in [1.54, 1.807) is 6.07 Å². The molecule has 0 amide bonds. The van der Waals surface area contributed by atoms with Crippen LogP contribution in [0.4, 0.5) is 4.39 Å². The number of nitrogens with zero attached hydrogens (tertiary/aromatic N) is 1. The smallest absolute Gasteiger partial charge is 0.309 e. The second-order valence-corrected chi connectivity index (χ2v) is 3.13. The summed E-state index contributed by atoms with van der Waals surface area (Å²) >= 11 is 0. The molecule has 72 valence electrons. The van der Waals surface area contributed by atoms with E-state index in [9.17, 15) is 9.18 Å². The number of carboxylic acid groups (broad SMARTS) is 1. The predicted octanol–water partition coefficient (Wildman–Crippen LogP) is 1.60. The molecule has 1 aromatic rings. The zero-order valence-corrected chi connectivity index (χ0v) is 7.33. The Bertz CT molecular complexity index is 426. The van der Waals surface area contributed by atoms with Gasteiger partial charge in [0.05, 0.1) is 18.7 Å². The van der Waals surface area contributed by atoms with Gasteiger partial charge in [0, 0.05) is 5.56 Å². The largest absolute Gasteiger partial charge is 0.481 e. The normalized spacial score (nSPS) is 13.6. The number of hydrogen-bond acceptors (Lipinski definition) is 2. The first-order valence-electron chi connectivity index (χ1n) is 4.21. The average molecular weight is 193 g/mol. The van der Waals surface area contributed by atoms with E-state index < -0.39 is 5.97 Å². The fourth-order valence-electron chi connectivity index (χ4n) is 1.53. The van der Waals surface area contributed by atoms with Crippen LogP contribution in [0.2, 0.25) is 0 Å². The van der Waals surface area contributed by atoms with Crippen molar-refractivity contribution in [3.63, 3.8) is 0 Å². The van der Waals surface area contributed by atoms with Crippen molar-refractivity contribution in [2.24, 2.45) is 4.99 Å². The molecule has 1 aromatic carbocycles. The van der Waals surface area contributed by atoms with E-state index in [0.29, 0.717) is 12.3 Å². The fourth-order valence-corrected chi connectivity index (χ4v) is 1.53. The lowest BCUT2D eigenvalue weighted by Crippen LogP contribution is -2.06. The van der Waals surface area contributed by atoms with Crippen molar-refractivity contribution in [2.75, 3.05) is 0 Å². The first kappa shape index (κ1) is 8.87. The lowest BCUT2D eigenvalue weighted by molar-refractivity contribution is -0.135. The molecule has 14 heavy (non-hydrogen) atoms. The third-order valence-electron chi connectivity index (χ3n) is 2.14. The molecule has 3 nitrogen and oxygen atoms in total. The van der Waals surface area contributed by atoms with E-state index in [2.05, 4.69) is 4.99 Å². The molecule has 0 aromatic heterocycles. The summed E-state index contributed by atoms with van der Waals surface area (Å²) in [5.41, 5.74) is 2.06. The van der Waals surface area contributed by atoms with Crippen LogP contribution < -0.4 is 0 Å². The van der Waals surface area contributed by atoms with Crippen molar-refractivity contribution in [1.29, 1.82) is 0 Å². The van der Waals surface area contributed by atoms with Gasteiger partial charge in [-0.15, -0.1) is 0 Å². The van der Waals surface area contributed by atoms with Crippen LogP contribution in [0, 0.1) is 5.82 Å². The van der Waals surface area contributed by atoms with Crippen molar-refractivity contribution < 1.29 is 14.3 Å². The number of fused-ring (bicyclic) bond motifs is 1. The summed E-state index contributed by atoms with van der Waals surface area (Å²) in [6, 6.07) is 4.30. The van der Waals surface area contributed by atoms with Gasteiger partial charge in [-0.05, 0) is 23.8 Å². The number of carbonyl (C=O) groups is 1. The highest BCUT2D eigenvalue weighted by molar-refractivity contribution is 6.11. The number of carboxylic acids is 1. The molecular weight excluding hydrogens is 185 g/mol. The third kappa shape index (κ3) is 1.51. The van der Waals surface area contributed by atoms with Crippen LogP contribution in [0.25, 0.3) is 0 Å². The van der Waals surface area contributed by atoms with Gasteiger partial charge in [0.1, 0.15) is 5.82 Å². The molecule has 0 atom stereocenters. The summed E-state index contributed by atoms with van der Waals surface area (Å²) in [5, 5.41) is 8.60. The van der Waals surface area contributed by atoms with Crippen LogP contribution in [-0.4, -0.2) is 16.8 Å². The number of aliphatic imine (C=N–C) groups is 1. The monoisotopic (exact) mass is 193 g/mol. The minimum absolute atomic E-state index is 0.0986. The third-order valence-corrected chi connectivity index (χ3v) is 2.14. The summed E-state index contributed by atoms with van der Waals surface area (Å²) < 4.78 is 12.8. The van der Waals surface area contributed by atoms with Gasteiger partial charge in [0.2, 0.25) is 0 Å². The maximum atomic E-state index is 12.8. The highest BCUT2D eigenvalue weighted by atomic mass is 19.1. The summed E-state index contributed by atoms with van der Waals surface area (Å²) in [7, 11) is 0. The molecule has 0 saturated heterocycles. The molecule has 1 N–H and O–H groups in total. The summed E-state index contributed by atoms with van der Waals surface area (Å²) in [5.74, 6) is -1.23. The van der Waals surface area contributed by atoms with Crippen LogP contribution in [0.5, 0.6) is 0 Å². The van der Waals surface area contributed by atoms with Crippen LogP contribution in [0.15, 0.2) is 23.2 Å². The van der Waals surface area contributed by atoms with Crippen molar-refractivity contribution in [3.8, 4) is 0 Å². The number of halogens is 1. The molecule has 0 spiro atoms. The van der Waals surface area contributed by atoms with Crippen molar-refractivity contribution in [1.82, 2.24) is 0 Å². The summed E-state index contributed by atoms with van der Waals surface area (Å²) in [6.45, 7) is 0.385. The minimum atomic E-state index is -0.916. The Morgan fingerprint density at radius 1 is 1.57 bits per heavy atom. The van der Waals surface area contributed by atoms with Gasteiger partial charge >= 0.3 is 5.97 Å². The predicted molar refractivity (Wildman–Crippen MR) is 48.9 cm³/mol. The molecule has 0 bridgehead atoms. The van der Waals surface area contributed by atoms with Crippen LogP contribution in [0.3, 0.4) is 0 Å². The Hall–Kier alpha value is -1.71. The van der Waals surface area contributed by atoms with E-state index in [4.69, 9.17) is 5.11 Å². The quantitative estimate of drug-likeness (QED) is 0.775. The first-order chi connectivity index (χ1) is 6.66. The Balaban J connectivity index is 2.32. The van der Waals surface area contributed by atoms with Crippen molar-refractivity contribution in [2.45, 2.75) is 13.0 Å². The van der Waals surface area contributed by atoms with Gasteiger partial charge in [-0.2, -0.15) is 0 Å². The van der Waals surface area contributed by atoms with Crippen LogP contribution >= 0.6 is 0 Å². The highest BCUT2D eigenvalue weighted by Crippen LogP contribution is 2.21. The van der Waals surface area contributed by atoms with Gasteiger partial charge in [-0.3, -0.25) is 9.79 Å². The highest BCUT2D eigenvalue weighted by Gasteiger charge is 2.18. The van der Waals surface area contributed by atoms with E-state index in [1.807, 2.05) is 0 Å². The Kier molecular flexibility index (Phi) is 2.04. The van der Waals surface area contributed by atoms with Gasteiger partial charge in [-0.25, -0.2) is 4.39 Å². The average Bonchev–Trinajstić information content (AvgIpc) is 2.47. The SMILES string of the molecule is O=C(O)CC1=NCc2cc(F)ccc21. The van der Waals surface area contributed by atoms with E-state index in [0.717, 1.165) is 11.1 Å². The molecular formula is C10H8FNO2. The second kappa shape index (κ2) is 3.21. The number of hydrogen-bond donors (Lipinski definition) is 1. The molecule has 0 aliphatic carbocycles. The van der Waals surface area contributed by atoms with E-state index in [1.165, 1.54) is 12.1 Å². The molecule has 1 heterocycles. The van der Waals surface area contributed by atoms with Crippen molar-refractivity contribution >= 4 is 11.7 Å². The van der Waals surface area contributed by atoms with E-state index in [-0.39, 0.29) is 12.2 Å². The number of rotatable bonds is 2. The molecule has 0 fully saturated rings. The standard InChI is InChI=1S/C10H8FNO2/c11-7-1-2-8-6(3-7)5-12-9(8)4-10(13)14/h1-3H,4-5H2,(H,13,14). The van der Waals surface area contributed by atoms with Crippen LogP contribution in [-0.2, 0) is 11.3 Å². The Morgan fingerprint density at radius 2 is 2.36 bits per heavy atom. The lowest BCUT2D eigenvalue weighted by atomic mass is 10.0. The number of benzene rings is 1. The lowest BCUT2D eigenvalue weighted by Gasteiger charge is -2.00. The summed E-state index contributed by atoms with van der Waals surface area (Å²) in [4.78, 5) is 14.5. The van der Waals surface area contributed by atoms with E-state index >= 15 is 0 Å². The minimum Gasteiger partial charge on any atom is -0.481 e. The van der Waals surface area contributed by atoms with Gasteiger partial charge in [0.15, 0.2) is 0 Å². The fraction of sp³-hybridized carbons (Fsp3) is 0.200. The van der Waals surface area contributed by atoms with Crippen molar-refractivity contribution in [3.05, 3.63) is 35.1 Å². The number of aliphatic carboxylic acids is 1. The Morgan fingerprint density at radius 3 is 3.07 bits per heavy atom. The zero-order chi connectivity index (χ0) is 10.1. The van der Waals surface area contributed by atoms with Gasteiger partial charge < -0.3 is 5.11 Å². The molecule has 1 aliphatic rings. The molecule has 0 saturated carbocycles. The summed E-state index contributed by atoms with van der Waals surface area (Å²) in [6.07, 6.45) is -0.0986. The molecule has 0 radical (unpaired) electrons. The van der Waals surface area contributed by atoms with Gasteiger partial charge in [-0.1, -0.05) is 0 Å². The van der Waals surface area contributed by atoms with Gasteiger partial charge in [0.25, 0.3) is 0 Å². The van der Waals surface area contributed by atoms with Crippen LogP contribution in [0.1, 0.15) is 17.5 Å². The molecule has 2 rings (SSSR count). The molecule has 1 aliphatic heterocycles. The Labute approximate surface area is 79.9 Å². The topological polar surface area (TPSA) is 49.7 Å². The second-order valence-electron chi connectivity index (χ2n) is 3.13. The molecule has 4 heteroatoms. The maximum absolute atomic E-state index is 12.8. The molecule has 0 unspecified atom stereocenters. The maximum Gasteiger partial charge on any atom is 0.309 e.